The Bertz CT molecular complexity index is 516. The topological polar surface area (TPSA) is 67.5 Å². The molecule has 0 fully saturated rings. The van der Waals surface area contributed by atoms with Crippen LogP contribution in [0.3, 0.4) is 0 Å². The Labute approximate surface area is 86.4 Å². The minimum atomic E-state index is -1.03. The van der Waals surface area contributed by atoms with Gasteiger partial charge in [0.2, 0.25) is 0 Å². The molecule has 78 valence electrons. The van der Waals surface area contributed by atoms with Gasteiger partial charge in [-0.25, -0.2) is 14.3 Å². The Morgan fingerprint density at radius 3 is 2.80 bits per heavy atom. The van der Waals surface area contributed by atoms with Crippen LogP contribution in [0.2, 0.25) is 0 Å². The van der Waals surface area contributed by atoms with Gasteiger partial charge in [0.15, 0.2) is 5.69 Å². The first-order chi connectivity index (χ1) is 7.09. The monoisotopic (exact) mass is 205 g/mol. The van der Waals surface area contributed by atoms with Crippen LogP contribution in [0.25, 0.3) is 5.52 Å². The van der Waals surface area contributed by atoms with Gasteiger partial charge >= 0.3 is 5.97 Å². The van der Waals surface area contributed by atoms with Crippen molar-refractivity contribution < 1.29 is 9.90 Å². The van der Waals surface area contributed by atoms with Gasteiger partial charge in [-0.2, -0.15) is 5.10 Å². The molecule has 0 spiro atoms. The zero-order valence-corrected chi connectivity index (χ0v) is 8.51. The van der Waals surface area contributed by atoms with Crippen molar-refractivity contribution in [3.05, 3.63) is 29.8 Å². The van der Waals surface area contributed by atoms with Crippen LogP contribution in [0.5, 0.6) is 0 Å². The summed E-state index contributed by atoms with van der Waals surface area (Å²) >= 11 is 0. The number of aromatic carboxylic acids is 1. The molecular formula is C10H11N3O2. The lowest BCUT2D eigenvalue weighted by Crippen LogP contribution is -2.01. The average Bonchev–Trinajstić information content (AvgIpc) is 2.59. The second kappa shape index (κ2) is 3.34. The van der Waals surface area contributed by atoms with E-state index in [0.717, 1.165) is 5.69 Å². The predicted octanol–water partition coefficient (Wildman–Crippen LogP) is 1.55. The molecule has 5 heteroatoms. The summed E-state index contributed by atoms with van der Waals surface area (Å²) in [5.41, 5.74) is 1.47. The van der Waals surface area contributed by atoms with E-state index in [1.165, 1.54) is 10.8 Å². The first-order valence-electron chi connectivity index (χ1n) is 4.67. The van der Waals surface area contributed by atoms with E-state index in [4.69, 9.17) is 5.11 Å². The molecule has 1 N–H and O–H groups in total. The van der Waals surface area contributed by atoms with Gasteiger partial charge in [-0.1, -0.05) is 13.8 Å². The summed E-state index contributed by atoms with van der Waals surface area (Å²) < 4.78 is 1.50. The molecule has 0 unspecified atom stereocenters. The molecule has 0 aliphatic carbocycles. The molecule has 0 saturated heterocycles. The zero-order chi connectivity index (χ0) is 11.0. The highest BCUT2D eigenvalue weighted by molar-refractivity contribution is 5.93. The average molecular weight is 205 g/mol. The minimum Gasteiger partial charge on any atom is -0.476 e. The van der Waals surface area contributed by atoms with Crippen LogP contribution in [0.1, 0.15) is 35.9 Å². The Hall–Kier alpha value is -1.91. The number of nitrogens with zero attached hydrogens (tertiary/aromatic N) is 3. The standard InChI is InChI=1S/C10H11N3O2/c1-6(2)7-3-4-8-9(10(14)15)11-5-13(8)12-7/h3-6H,1-2H3,(H,14,15). The van der Waals surface area contributed by atoms with Crippen LogP contribution in [0.4, 0.5) is 0 Å². The number of imidazole rings is 1. The Morgan fingerprint density at radius 1 is 1.47 bits per heavy atom. The molecule has 0 radical (unpaired) electrons. The highest BCUT2D eigenvalue weighted by atomic mass is 16.4. The third-order valence-electron chi connectivity index (χ3n) is 2.21. The van der Waals surface area contributed by atoms with Crippen molar-refractivity contribution in [1.82, 2.24) is 14.6 Å². The molecular weight excluding hydrogens is 194 g/mol. The fourth-order valence-corrected chi connectivity index (χ4v) is 1.38. The van der Waals surface area contributed by atoms with Crippen molar-refractivity contribution in [2.24, 2.45) is 0 Å². The van der Waals surface area contributed by atoms with Crippen LogP contribution in [0.15, 0.2) is 18.5 Å². The number of carboxylic acids is 1. The maximum absolute atomic E-state index is 10.8. The van der Waals surface area contributed by atoms with E-state index in [0.29, 0.717) is 11.4 Å². The molecule has 5 nitrogen and oxygen atoms in total. The van der Waals surface area contributed by atoms with Gasteiger partial charge in [-0.05, 0) is 18.1 Å². The van der Waals surface area contributed by atoms with Crippen LogP contribution in [-0.2, 0) is 0 Å². The van der Waals surface area contributed by atoms with Crippen molar-refractivity contribution in [2.75, 3.05) is 0 Å². The van der Waals surface area contributed by atoms with E-state index in [-0.39, 0.29) is 5.69 Å². The van der Waals surface area contributed by atoms with Gasteiger partial charge < -0.3 is 5.11 Å². The summed E-state index contributed by atoms with van der Waals surface area (Å²) in [6.45, 7) is 4.06. The molecule has 2 aromatic rings. The van der Waals surface area contributed by atoms with Gasteiger partial charge in [-0.3, -0.25) is 0 Å². The number of aromatic nitrogens is 3. The fraction of sp³-hybridized carbons (Fsp3) is 0.300. The van der Waals surface area contributed by atoms with Crippen LogP contribution >= 0.6 is 0 Å². The van der Waals surface area contributed by atoms with Crippen molar-refractivity contribution in [3.8, 4) is 0 Å². The number of carboxylic acid groups (broad SMARTS) is 1. The highest BCUT2D eigenvalue weighted by Crippen LogP contribution is 2.14. The zero-order valence-electron chi connectivity index (χ0n) is 8.51. The Morgan fingerprint density at radius 2 is 2.20 bits per heavy atom. The van der Waals surface area contributed by atoms with E-state index in [1.54, 1.807) is 6.07 Å². The summed E-state index contributed by atoms with van der Waals surface area (Å²) in [7, 11) is 0. The van der Waals surface area contributed by atoms with Gasteiger partial charge in [0.25, 0.3) is 0 Å². The maximum Gasteiger partial charge on any atom is 0.356 e. The summed E-state index contributed by atoms with van der Waals surface area (Å²) in [5, 5.41) is 13.1. The molecule has 2 aromatic heterocycles. The van der Waals surface area contributed by atoms with Gasteiger partial charge in [0.05, 0.1) is 11.2 Å². The Balaban J connectivity index is 2.61. The van der Waals surface area contributed by atoms with Crippen molar-refractivity contribution in [1.29, 1.82) is 0 Å². The number of hydrogen-bond donors (Lipinski definition) is 1. The fourth-order valence-electron chi connectivity index (χ4n) is 1.38. The van der Waals surface area contributed by atoms with E-state index in [2.05, 4.69) is 10.1 Å². The van der Waals surface area contributed by atoms with Crippen LogP contribution in [-0.4, -0.2) is 25.7 Å². The van der Waals surface area contributed by atoms with Crippen molar-refractivity contribution in [2.45, 2.75) is 19.8 Å². The predicted molar refractivity (Wildman–Crippen MR) is 54.0 cm³/mol. The Kier molecular flexibility index (Phi) is 2.15. The molecule has 0 aliphatic heterocycles. The maximum atomic E-state index is 10.8. The van der Waals surface area contributed by atoms with Crippen molar-refractivity contribution >= 4 is 11.5 Å². The smallest absolute Gasteiger partial charge is 0.356 e. The van der Waals surface area contributed by atoms with E-state index in [9.17, 15) is 4.79 Å². The summed E-state index contributed by atoms with van der Waals surface area (Å²) in [5.74, 6) is -0.721. The molecule has 0 amide bonds. The van der Waals surface area contributed by atoms with E-state index in [1.807, 2.05) is 19.9 Å². The molecule has 15 heavy (non-hydrogen) atoms. The molecule has 0 atom stereocenters. The molecule has 0 aliphatic rings. The molecule has 0 bridgehead atoms. The molecule has 2 rings (SSSR count). The van der Waals surface area contributed by atoms with Gasteiger partial charge in [0.1, 0.15) is 6.33 Å². The number of carbonyl (C=O) groups is 1. The van der Waals surface area contributed by atoms with Gasteiger partial charge in [-0.15, -0.1) is 0 Å². The molecule has 0 aromatic carbocycles. The third kappa shape index (κ3) is 1.56. The number of fused-ring (bicyclic) bond motifs is 1. The lowest BCUT2D eigenvalue weighted by Gasteiger charge is -2.03. The normalized spacial score (nSPS) is 11.1. The quantitative estimate of drug-likeness (QED) is 0.807. The SMILES string of the molecule is CC(C)c1ccc2c(C(=O)O)ncn2n1. The lowest BCUT2D eigenvalue weighted by atomic mass is 10.1. The van der Waals surface area contributed by atoms with E-state index >= 15 is 0 Å². The van der Waals surface area contributed by atoms with Crippen molar-refractivity contribution in [3.63, 3.8) is 0 Å². The summed E-state index contributed by atoms with van der Waals surface area (Å²) in [6.07, 6.45) is 1.42. The largest absolute Gasteiger partial charge is 0.476 e. The summed E-state index contributed by atoms with van der Waals surface area (Å²) in [4.78, 5) is 14.6. The van der Waals surface area contributed by atoms with Gasteiger partial charge in [0, 0.05) is 0 Å². The number of hydrogen-bond acceptors (Lipinski definition) is 3. The minimum absolute atomic E-state index is 0.0396. The highest BCUT2D eigenvalue weighted by Gasteiger charge is 2.12. The van der Waals surface area contributed by atoms with Crippen LogP contribution in [0, 0.1) is 0 Å². The third-order valence-corrected chi connectivity index (χ3v) is 2.21. The second-order valence-corrected chi connectivity index (χ2v) is 3.64. The lowest BCUT2D eigenvalue weighted by molar-refractivity contribution is 0.0693. The second-order valence-electron chi connectivity index (χ2n) is 3.64. The summed E-state index contributed by atoms with van der Waals surface area (Å²) in [6, 6.07) is 3.56. The first kappa shape index (κ1) is 9.64. The van der Waals surface area contributed by atoms with E-state index < -0.39 is 5.97 Å². The number of rotatable bonds is 2. The molecule has 0 saturated carbocycles. The van der Waals surface area contributed by atoms with Crippen LogP contribution < -0.4 is 0 Å². The molecule has 2 heterocycles. The first-order valence-corrected chi connectivity index (χ1v) is 4.67.